The summed E-state index contributed by atoms with van der Waals surface area (Å²) in [5.41, 5.74) is 1.86. The molecule has 4 aliphatic rings. The van der Waals surface area contributed by atoms with Crippen LogP contribution < -0.4 is 10.6 Å². The van der Waals surface area contributed by atoms with Crippen molar-refractivity contribution in [2.24, 2.45) is 5.92 Å². The average Bonchev–Trinajstić information content (AvgIpc) is 3.62. The highest BCUT2D eigenvalue weighted by atomic mass is 79.9. The van der Waals surface area contributed by atoms with Crippen molar-refractivity contribution in [3.8, 4) is 0 Å². The first-order valence-electron chi connectivity index (χ1n) is 12.9. The third-order valence-electron chi connectivity index (χ3n) is 9.01. The van der Waals surface area contributed by atoms with Crippen LogP contribution in [-0.2, 0) is 27.0 Å². The second-order valence-electron chi connectivity index (χ2n) is 10.4. The molecule has 0 radical (unpaired) electrons. The van der Waals surface area contributed by atoms with Gasteiger partial charge in [-0.3, -0.25) is 19.3 Å². The molecule has 2 saturated heterocycles. The number of hydrogen-bond donors (Lipinski definition) is 2. The summed E-state index contributed by atoms with van der Waals surface area (Å²) in [6.45, 7) is 2.71. The van der Waals surface area contributed by atoms with E-state index < -0.39 is 16.9 Å². The fourth-order valence-electron chi connectivity index (χ4n) is 7.75. The molecule has 0 bridgehead atoms. The second-order valence-corrected chi connectivity index (χ2v) is 11.3. The van der Waals surface area contributed by atoms with Gasteiger partial charge in [0.1, 0.15) is 11.0 Å². The first kappa shape index (κ1) is 22.9. The van der Waals surface area contributed by atoms with Gasteiger partial charge in [0, 0.05) is 33.0 Å². The molecule has 4 atom stereocenters. The molecule has 0 saturated carbocycles. The SMILES string of the molecule is CCc1cccc2c1NC(=O)[C@@]21N2CCC[C@@H]2[C@@H](C(=O)c2ccc(Br)cc2)[C@@]12C(=O)Nc1ccccc12. The highest BCUT2D eigenvalue weighted by molar-refractivity contribution is 9.10. The molecule has 4 heterocycles. The van der Waals surface area contributed by atoms with Gasteiger partial charge in [-0.1, -0.05) is 71.4 Å². The minimum atomic E-state index is -1.40. The van der Waals surface area contributed by atoms with Gasteiger partial charge >= 0.3 is 0 Å². The number of para-hydroxylation sites is 2. The average molecular weight is 556 g/mol. The summed E-state index contributed by atoms with van der Waals surface area (Å²) >= 11 is 3.47. The Labute approximate surface area is 223 Å². The van der Waals surface area contributed by atoms with Crippen LogP contribution >= 0.6 is 15.9 Å². The van der Waals surface area contributed by atoms with Crippen LogP contribution in [0.1, 0.15) is 46.8 Å². The molecule has 0 aliphatic carbocycles. The van der Waals surface area contributed by atoms with Gasteiger partial charge in [-0.25, -0.2) is 0 Å². The second kappa shape index (κ2) is 7.85. The molecular formula is C30H26BrN3O3. The summed E-state index contributed by atoms with van der Waals surface area (Å²) < 4.78 is 0.879. The number of aryl methyl sites for hydroxylation is 1. The lowest BCUT2D eigenvalue weighted by Crippen LogP contribution is -2.62. The van der Waals surface area contributed by atoms with Crippen LogP contribution in [0.5, 0.6) is 0 Å². The quantitative estimate of drug-likeness (QED) is 0.444. The Kier molecular flexibility index (Phi) is 4.86. The van der Waals surface area contributed by atoms with E-state index in [1.807, 2.05) is 54.6 Å². The highest BCUT2D eigenvalue weighted by Crippen LogP contribution is 2.68. The van der Waals surface area contributed by atoms with Gasteiger partial charge in [0.2, 0.25) is 5.91 Å². The molecule has 0 unspecified atom stereocenters. The smallest absolute Gasteiger partial charge is 0.251 e. The van der Waals surface area contributed by atoms with Gasteiger partial charge in [0.25, 0.3) is 5.91 Å². The van der Waals surface area contributed by atoms with E-state index >= 15 is 0 Å². The molecule has 2 N–H and O–H groups in total. The normalized spacial score (nSPS) is 29.4. The molecule has 0 aromatic heterocycles. The summed E-state index contributed by atoms with van der Waals surface area (Å²) in [5, 5.41) is 6.28. The number of nitrogens with one attached hydrogen (secondary N) is 2. The van der Waals surface area contributed by atoms with Crippen LogP contribution in [0.25, 0.3) is 0 Å². The molecule has 2 spiro atoms. The van der Waals surface area contributed by atoms with Crippen LogP contribution in [-0.4, -0.2) is 35.1 Å². The van der Waals surface area contributed by atoms with Crippen LogP contribution in [0, 0.1) is 5.92 Å². The van der Waals surface area contributed by atoms with Crippen LogP contribution in [0.3, 0.4) is 0 Å². The fourth-order valence-corrected chi connectivity index (χ4v) is 8.02. The minimum Gasteiger partial charge on any atom is -0.325 e. The number of anilines is 2. The van der Waals surface area contributed by atoms with Crippen LogP contribution in [0.4, 0.5) is 11.4 Å². The first-order valence-corrected chi connectivity index (χ1v) is 13.7. The van der Waals surface area contributed by atoms with Crippen LogP contribution in [0.15, 0.2) is 71.2 Å². The number of rotatable bonds is 3. The number of amides is 2. The van der Waals surface area contributed by atoms with E-state index in [9.17, 15) is 14.4 Å². The number of nitrogens with zero attached hydrogens (tertiary/aromatic N) is 1. The molecule has 7 rings (SSSR count). The van der Waals surface area contributed by atoms with E-state index in [0.29, 0.717) is 17.8 Å². The van der Waals surface area contributed by atoms with Gasteiger partial charge in [-0.15, -0.1) is 0 Å². The number of ketones is 1. The number of hydrogen-bond acceptors (Lipinski definition) is 4. The maximum atomic E-state index is 14.5. The van der Waals surface area contributed by atoms with Gasteiger partial charge < -0.3 is 10.6 Å². The molecule has 2 amide bonds. The number of carbonyl (C=O) groups excluding carboxylic acids is 3. The van der Waals surface area contributed by atoms with E-state index in [4.69, 9.17) is 0 Å². The van der Waals surface area contributed by atoms with Crippen molar-refractivity contribution < 1.29 is 14.4 Å². The summed E-state index contributed by atoms with van der Waals surface area (Å²) in [6.07, 6.45) is 2.37. The summed E-state index contributed by atoms with van der Waals surface area (Å²) in [5.74, 6) is -1.31. The molecular weight excluding hydrogens is 530 g/mol. The standard InChI is InChI=1S/C30H26BrN3O3/c1-2-17-7-5-9-21-25(17)33-28(37)30(21)29(20-8-3-4-10-22(20)32-27(29)36)24(23-11-6-16-34(23)30)26(35)18-12-14-19(31)15-13-18/h3-5,7-10,12-15,23-24H,2,6,11,16H2,1H3,(H,32,36)(H,33,37)/t23-,24+,29+,30+/m1/s1. The third-order valence-corrected chi connectivity index (χ3v) is 9.54. The van der Waals surface area contributed by atoms with Crippen molar-refractivity contribution in [2.75, 3.05) is 17.2 Å². The third kappa shape index (κ3) is 2.61. The Hall–Kier alpha value is -3.29. The number of halogens is 1. The van der Waals surface area contributed by atoms with Gasteiger partial charge in [-0.2, -0.15) is 0 Å². The molecule has 37 heavy (non-hydrogen) atoms. The van der Waals surface area contributed by atoms with E-state index in [0.717, 1.165) is 46.1 Å². The van der Waals surface area contributed by atoms with Crippen LogP contribution in [0.2, 0.25) is 0 Å². The molecule has 2 fully saturated rings. The van der Waals surface area contributed by atoms with E-state index in [-0.39, 0.29) is 23.6 Å². The number of Topliss-reactive ketones (excluding diaryl/α,β-unsaturated/α-hetero) is 1. The zero-order chi connectivity index (χ0) is 25.5. The van der Waals surface area contributed by atoms with Crippen molar-refractivity contribution in [3.63, 3.8) is 0 Å². The van der Waals surface area contributed by atoms with Crippen molar-refractivity contribution in [3.05, 3.63) is 93.5 Å². The van der Waals surface area contributed by atoms with E-state index in [2.05, 4.69) is 38.4 Å². The molecule has 3 aromatic carbocycles. The molecule has 4 aliphatic heterocycles. The number of carbonyl (C=O) groups is 3. The topological polar surface area (TPSA) is 78.5 Å². The van der Waals surface area contributed by atoms with Crippen molar-refractivity contribution in [1.29, 1.82) is 0 Å². The minimum absolute atomic E-state index is 0.0963. The lowest BCUT2D eigenvalue weighted by atomic mass is 9.57. The number of fused-ring (bicyclic) bond motifs is 7. The van der Waals surface area contributed by atoms with Gasteiger partial charge in [0.05, 0.1) is 5.92 Å². The predicted octanol–water partition coefficient (Wildman–Crippen LogP) is 5.03. The largest absolute Gasteiger partial charge is 0.325 e. The van der Waals surface area contributed by atoms with Crippen molar-refractivity contribution in [2.45, 2.75) is 43.2 Å². The fraction of sp³-hybridized carbons (Fsp3) is 0.300. The van der Waals surface area contributed by atoms with Gasteiger partial charge in [-0.05, 0) is 55.1 Å². The summed E-state index contributed by atoms with van der Waals surface area (Å²) in [7, 11) is 0. The Morgan fingerprint density at radius 2 is 1.73 bits per heavy atom. The zero-order valence-corrected chi connectivity index (χ0v) is 22.0. The molecule has 3 aromatic rings. The monoisotopic (exact) mass is 555 g/mol. The lowest BCUT2D eigenvalue weighted by Gasteiger charge is -2.43. The summed E-state index contributed by atoms with van der Waals surface area (Å²) in [4.78, 5) is 45.7. The zero-order valence-electron chi connectivity index (χ0n) is 20.4. The van der Waals surface area contributed by atoms with Gasteiger partial charge in [0.15, 0.2) is 5.78 Å². The first-order chi connectivity index (χ1) is 18.0. The molecule has 186 valence electrons. The summed E-state index contributed by atoms with van der Waals surface area (Å²) in [6, 6.07) is 20.6. The lowest BCUT2D eigenvalue weighted by molar-refractivity contribution is -0.137. The van der Waals surface area contributed by atoms with E-state index in [1.54, 1.807) is 12.1 Å². The Bertz CT molecular complexity index is 1500. The maximum Gasteiger partial charge on any atom is 0.251 e. The Morgan fingerprint density at radius 1 is 0.973 bits per heavy atom. The van der Waals surface area contributed by atoms with E-state index in [1.165, 1.54) is 0 Å². The predicted molar refractivity (Wildman–Crippen MR) is 145 cm³/mol. The Morgan fingerprint density at radius 3 is 2.51 bits per heavy atom. The van der Waals surface area contributed by atoms with Crippen molar-refractivity contribution in [1.82, 2.24) is 4.90 Å². The van der Waals surface area contributed by atoms with Crippen molar-refractivity contribution >= 4 is 44.9 Å². The maximum absolute atomic E-state index is 14.5. The number of benzene rings is 3. The highest BCUT2D eigenvalue weighted by Gasteiger charge is 2.81. The molecule has 6 nitrogen and oxygen atoms in total. The molecule has 7 heteroatoms. The Balaban J connectivity index is 1.59.